The lowest BCUT2D eigenvalue weighted by Gasteiger charge is -2.18. The van der Waals surface area contributed by atoms with E-state index < -0.39 is 0 Å². The Labute approximate surface area is 139 Å². The molecular formula is C18H18N2O4. The fraction of sp³-hybridized carbons (Fsp3) is 0.278. The van der Waals surface area contributed by atoms with Crippen molar-refractivity contribution in [2.24, 2.45) is 0 Å². The highest BCUT2D eigenvalue weighted by atomic mass is 16.5. The molecule has 0 bridgehead atoms. The molecule has 1 aliphatic rings. The maximum absolute atomic E-state index is 12.5. The van der Waals surface area contributed by atoms with Crippen molar-refractivity contribution in [3.05, 3.63) is 53.3 Å². The third-order valence-corrected chi connectivity index (χ3v) is 4.05. The summed E-state index contributed by atoms with van der Waals surface area (Å²) in [7, 11) is 1.78. The van der Waals surface area contributed by atoms with Crippen LogP contribution in [-0.4, -0.2) is 40.3 Å². The monoisotopic (exact) mass is 326 g/mol. The molecule has 1 aromatic carbocycles. The molecule has 2 aromatic rings. The van der Waals surface area contributed by atoms with Crippen molar-refractivity contribution in [2.45, 2.75) is 25.5 Å². The van der Waals surface area contributed by atoms with Gasteiger partial charge in [-0.25, -0.2) is 0 Å². The zero-order valence-electron chi connectivity index (χ0n) is 13.3. The van der Waals surface area contributed by atoms with Gasteiger partial charge in [0.15, 0.2) is 6.29 Å². The molecule has 6 nitrogen and oxygen atoms in total. The Kier molecular flexibility index (Phi) is 4.46. The summed E-state index contributed by atoms with van der Waals surface area (Å²) >= 11 is 0. The quantitative estimate of drug-likeness (QED) is 0.825. The summed E-state index contributed by atoms with van der Waals surface area (Å²) in [6.45, 7) is 0.0811. The number of phenolic OH excluding ortho intramolecular Hbond substituents is 1. The van der Waals surface area contributed by atoms with Crippen LogP contribution in [0.25, 0.3) is 0 Å². The van der Waals surface area contributed by atoms with E-state index in [1.807, 2.05) is 0 Å². The number of aldehydes is 1. The van der Waals surface area contributed by atoms with E-state index in [1.165, 1.54) is 6.07 Å². The van der Waals surface area contributed by atoms with Crippen molar-refractivity contribution in [3.8, 4) is 11.5 Å². The van der Waals surface area contributed by atoms with E-state index in [9.17, 15) is 14.7 Å². The van der Waals surface area contributed by atoms with Gasteiger partial charge in [-0.2, -0.15) is 0 Å². The second-order valence-corrected chi connectivity index (χ2v) is 5.75. The van der Waals surface area contributed by atoms with Gasteiger partial charge < -0.3 is 14.7 Å². The van der Waals surface area contributed by atoms with Gasteiger partial charge in [0, 0.05) is 24.8 Å². The van der Waals surface area contributed by atoms with Crippen LogP contribution in [0.4, 0.5) is 0 Å². The highest BCUT2D eigenvalue weighted by Gasteiger charge is 2.31. The van der Waals surface area contributed by atoms with Crippen LogP contribution >= 0.6 is 0 Å². The van der Waals surface area contributed by atoms with Crippen LogP contribution in [0, 0.1) is 0 Å². The van der Waals surface area contributed by atoms with Crippen molar-refractivity contribution in [2.75, 3.05) is 7.05 Å². The Morgan fingerprint density at radius 2 is 2.17 bits per heavy atom. The number of ether oxygens (including phenoxy) is 1. The Balaban J connectivity index is 1.80. The lowest BCUT2D eigenvalue weighted by Crippen LogP contribution is -2.30. The van der Waals surface area contributed by atoms with Gasteiger partial charge in [-0.05, 0) is 31.0 Å². The normalized spacial score (nSPS) is 13.4. The number of phenols is 1. The molecule has 1 aliphatic carbocycles. The maximum atomic E-state index is 12.5. The van der Waals surface area contributed by atoms with Gasteiger partial charge >= 0.3 is 0 Å². The number of amides is 1. The molecule has 1 fully saturated rings. The highest BCUT2D eigenvalue weighted by Crippen LogP contribution is 2.28. The number of hydrogen-bond acceptors (Lipinski definition) is 5. The van der Waals surface area contributed by atoms with Crippen LogP contribution < -0.4 is 4.74 Å². The molecule has 6 heteroatoms. The van der Waals surface area contributed by atoms with Gasteiger partial charge in [0.2, 0.25) is 0 Å². The third kappa shape index (κ3) is 3.22. The highest BCUT2D eigenvalue weighted by molar-refractivity contribution is 5.94. The van der Waals surface area contributed by atoms with E-state index in [0.717, 1.165) is 12.8 Å². The standard InChI is InChI=1S/C18H18N2O4/c1-20(13-7-8-13)18(23)17-12(4-3-9-19-17)11-24-16-6-2-5-15(22)14(16)10-21/h2-6,9-10,13,22H,7-8,11H2,1H3. The molecule has 0 aliphatic heterocycles. The summed E-state index contributed by atoms with van der Waals surface area (Å²) in [4.78, 5) is 29.5. The third-order valence-electron chi connectivity index (χ3n) is 4.05. The molecule has 0 saturated heterocycles. The molecule has 1 heterocycles. The minimum Gasteiger partial charge on any atom is -0.507 e. The first-order valence-electron chi connectivity index (χ1n) is 7.73. The second kappa shape index (κ2) is 6.70. The zero-order valence-corrected chi connectivity index (χ0v) is 13.3. The van der Waals surface area contributed by atoms with E-state index in [4.69, 9.17) is 4.74 Å². The van der Waals surface area contributed by atoms with E-state index in [2.05, 4.69) is 4.98 Å². The molecule has 0 unspecified atom stereocenters. The van der Waals surface area contributed by atoms with Crippen LogP contribution in [0.15, 0.2) is 36.5 Å². The Bertz CT molecular complexity index is 771. The molecule has 1 N–H and O–H groups in total. The number of aromatic hydroxyl groups is 1. The number of benzene rings is 1. The van der Waals surface area contributed by atoms with Gasteiger partial charge in [0.05, 0.1) is 5.56 Å². The lowest BCUT2D eigenvalue weighted by atomic mass is 10.1. The van der Waals surface area contributed by atoms with Crippen molar-refractivity contribution in [1.82, 2.24) is 9.88 Å². The number of nitrogens with zero attached hydrogens (tertiary/aromatic N) is 2. The molecule has 0 atom stereocenters. The molecular weight excluding hydrogens is 308 g/mol. The van der Waals surface area contributed by atoms with Crippen LogP contribution in [-0.2, 0) is 6.61 Å². The maximum Gasteiger partial charge on any atom is 0.272 e. The second-order valence-electron chi connectivity index (χ2n) is 5.75. The van der Waals surface area contributed by atoms with Crippen molar-refractivity contribution >= 4 is 12.2 Å². The molecule has 3 rings (SSSR count). The van der Waals surface area contributed by atoms with Crippen LogP contribution in [0.2, 0.25) is 0 Å². The van der Waals surface area contributed by atoms with Gasteiger partial charge in [0.1, 0.15) is 23.8 Å². The minimum absolute atomic E-state index is 0.0811. The van der Waals surface area contributed by atoms with Gasteiger partial charge in [-0.15, -0.1) is 0 Å². The first-order valence-corrected chi connectivity index (χ1v) is 7.73. The predicted octanol–water partition coefficient (Wildman–Crippen LogP) is 2.41. The van der Waals surface area contributed by atoms with E-state index in [0.29, 0.717) is 23.6 Å². The average Bonchev–Trinajstić information content (AvgIpc) is 3.44. The first kappa shape index (κ1) is 16.0. The molecule has 0 spiro atoms. The summed E-state index contributed by atoms with van der Waals surface area (Å²) in [5, 5.41) is 9.69. The van der Waals surface area contributed by atoms with Crippen LogP contribution in [0.3, 0.4) is 0 Å². The lowest BCUT2D eigenvalue weighted by molar-refractivity contribution is 0.0776. The number of hydrogen-bond donors (Lipinski definition) is 1. The molecule has 0 radical (unpaired) electrons. The summed E-state index contributed by atoms with van der Waals surface area (Å²) in [5.74, 6) is -0.00975. The summed E-state index contributed by atoms with van der Waals surface area (Å²) in [6.07, 6.45) is 4.16. The smallest absolute Gasteiger partial charge is 0.272 e. The van der Waals surface area contributed by atoms with Gasteiger partial charge in [-0.1, -0.05) is 12.1 Å². The largest absolute Gasteiger partial charge is 0.507 e. The fourth-order valence-corrected chi connectivity index (χ4v) is 2.47. The summed E-state index contributed by atoms with van der Waals surface area (Å²) in [6, 6.07) is 8.40. The van der Waals surface area contributed by atoms with E-state index in [1.54, 1.807) is 42.4 Å². The molecule has 24 heavy (non-hydrogen) atoms. The van der Waals surface area contributed by atoms with E-state index in [-0.39, 0.29) is 29.6 Å². The molecule has 1 saturated carbocycles. The number of rotatable bonds is 6. The first-order chi connectivity index (χ1) is 11.6. The Morgan fingerprint density at radius 3 is 2.88 bits per heavy atom. The topological polar surface area (TPSA) is 79.7 Å². The number of aromatic nitrogens is 1. The Hall–Kier alpha value is -2.89. The number of pyridine rings is 1. The average molecular weight is 326 g/mol. The molecule has 1 amide bonds. The molecule has 1 aromatic heterocycles. The summed E-state index contributed by atoms with van der Waals surface area (Å²) in [5.41, 5.74) is 1.07. The van der Waals surface area contributed by atoms with Crippen LogP contribution in [0.5, 0.6) is 11.5 Å². The number of carbonyl (C=O) groups excluding carboxylic acids is 2. The molecule has 124 valence electrons. The fourth-order valence-electron chi connectivity index (χ4n) is 2.47. The predicted molar refractivity (Wildman–Crippen MR) is 87.2 cm³/mol. The van der Waals surface area contributed by atoms with Gasteiger partial charge in [-0.3, -0.25) is 14.6 Å². The number of carbonyl (C=O) groups is 2. The van der Waals surface area contributed by atoms with Crippen molar-refractivity contribution < 1.29 is 19.4 Å². The van der Waals surface area contributed by atoms with E-state index >= 15 is 0 Å². The van der Waals surface area contributed by atoms with Crippen molar-refractivity contribution in [3.63, 3.8) is 0 Å². The van der Waals surface area contributed by atoms with Gasteiger partial charge in [0.25, 0.3) is 5.91 Å². The van der Waals surface area contributed by atoms with Crippen LogP contribution in [0.1, 0.15) is 39.3 Å². The summed E-state index contributed by atoms with van der Waals surface area (Å²) < 4.78 is 5.64. The Morgan fingerprint density at radius 1 is 1.38 bits per heavy atom. The zero-order chi connectivity index (χ0) is 17.1. The van der Waals surface area contributed by atoms with Crippen molar-refractivity contribution in [1.29, 1.82) is 0 Å². The minimum atomic E-state index is -0.140. The SMILES string of the molecule is CN(C(=O)c1ncccc1COc1cccc(O)c1C=O)C1CC1.